The second kappa shape index (κ2) is 14.9. The molecule has 0 saturated carbocycles. The number of carbonyl (C=O) groups is 1. The molecular formula is C40H35N5O5. The lowest BCUT2D eigenvalue weighted by Gasteiger charge is -2.36. The van der Waals surface area contributed by atoms with E-state index >= 15 is 0 Å². The maximum atomic E-state index is 14.6. The van der Waals surface area contributed by atoms with E-state index in [1.165, 1.54) is 32.4 Å². The molecule has 1 heterocycles. The number of methoxy groups -OCH3 is 2. The van der Waals surface area contributed by atoms with Crippen molar-refractivity contribution in [2.45, 2.75) is 5.92 Å². The van der Waals surface area contributed by atoms with Gasteiger partial charge in [-0.1, -0.05) is 36.4 Å². The average Bonchev–Trinajstić information content (AvgIpc) is 3.13. The van der Waals surface area contributed by atoms with Gasteiger partial charge in [0.2, 0.25) is 0 Å². The number of benzene rings is 4. The van der Waals surface area contributed by atoms with E-state index in [4.69, 9.17) is 15.2 Å². The van der Waals surface area contributed by atoms with Gasteiger partial charge in [0.15, 0.2) is 28.8 Å². The van der Waals surface area contributed by atoms with Crippen LogP contribution in [0.2, 0.25) is 0 Å². The molecule has 50 heavy (non-hydrogen) atoms. The minimum Gasteiger partial charge on any atom is -0.504 e. The molecule has 10 nitrogen and oxygen atoms in total. The summed E-state index contributed by atoms with van der Waals surface area (Å²) in [5.41, 5.74) is 11.5. The predicted octanol–water partition coefficient (Wildman–Crippen LogP) is 6.60. The normalized spacial score (nSPS) is 14.5. The molecule has 4 N–H and O–H groups in total. The fourth-order valence-corrected chi connectivity index (χ4v) is 5.66. The fraction of sp³-hybridized carbons (Fsp3) is 0.125. The van der Waals surface area contributed by atoms with E-state index in [1.54, 1.807) is 71.7 Å². The van der Waals surface area contributed by atoms with E-state index in [1.807, 2.05) is 43.3 Å². The Balaban J connectivity index is 1.79. The van der Waals surface area contributed by atoms with E-state index in [0.29, 0.717) is 33.6 Å². The zero-order chi connectivity index (χ0) is 35.9. The Kier molecular flexibility index (Phi) is 10.3. The number of allylic oxidation sites excluding steroid dienone is 4. The molecule has 0 radical (unpaired) electrons. The number of nitrogens with zero attached hydrogens (tertiary/aromatic N) is 4. The lowest BCUT2D eigenvalue weighted by atomic mass is 9.78. The number of hydrogen-bond acceptors (Lipinski definition) is 10. The standard InChI is InChI=1S/C40H35N5O5/c1-44(2)29-13-15-30(16-14-29)45-32(17-7-25-8-18-33(46)36(21-25)49-3)39(35(48)20-10-26-9-19-34(47)37(22-26)50-4)38(31(24-42)40(45)43)28-11-5-27(23-41)6-12-28/h5-22,38,46-47H,43H2,1-4H3. The Bertz CT molecular complexity index is 2130. The number of anilines is 2. The first-order chi connectivity index (χ1) is 24.1. The molecule has 250 valence electrons. The molecule has 0 spiro atoms. The van der Waals surface area contributed by atoms with Crippen molar-refractivity contribution < 1.29 is 24.5 Å². The Morgan fingerprint density at radius 2 is 1.40 bits per heavy atom. The van der Waals surface area contributed by atoms with Gasteiger partial charge in [0.25, 0.3) is 0 Å². The van der Waals surface area contributed by atoms with Gasteiger partial charge >= 0.3 is 0 Å². The molecule has 0 aromatic heterocycles. The smallest absolute Gasteiger partial charge is 0.184 e. The Hall–Kier alpha value is -6.91. The zero-order valence-corrected chi connectivity index (χ0v) is 28.0. The van der Waals surface area contributed by atoms with E-state index < -0.39 is 11.7 Å². The molecule has 1 aliphatic rings. The topological polar surface area (TPSA) is 156 Å². The number of phenols is 2. The first-order valence-electron chi connectivity index (χ1n) is 15.5. The summed E-state index contributed by atoms with van der Waals surface area (Å²) in [6.45, 7) is 0. The fourth-order valence-electron chi connectivity index (χ4n) is 5.66. The SMILES string of the molecule is COc1cc(C=CC(=O)C2=C(C=Cc3ccc(O)c(OC)c3)N(c3ccc(N(C)C)cc3)C(N)=C(C#N)C2c2ccc(C#N)cc2)ccc1O. The van der Waals surface area contributed by atoms with E-state index in [-0.39, 0.29) is 40.0 Å². The number of aromatic hydroxyl groups is 2. The Labute approximate surface area is 290 Å². The molecule has 10 heteroatoms. The summed E-state index contributed by atoms with van der Waals surface area (Å²) < 4.78 is 10.6. The van der Waals surface area contributed by atoms with Gasteiger partial charge in [0, 0.05) is 31.0 Å². The largest absolute Gasteiger partial charge is 0.504 e. The van der Waals surface area contributed by atoms with Crippen molar-refractivity contribution >= 4 is 29.3 Å². The summed E-state index contributed by atoms with van der Waals surface area (Å²) in [7, 11) is 6.74. The summed E-state index contributed by atoms with van der Waals surface area (Å²) in [5.74, 6) is -0.731. The number of hydrogen-bond donors (Lipinski definition) is 3. The minimum absolute atomic E-state index is 0.0253. The molecule has 1 aliphatic heterocycles. The van der Waals surface area contributed by atoms with Gasteiger partial charge in [0.05, 0.1) is 49.1 Å². The monoisotopic (exact) mass is 665 g/mol. The van der Waals surface area contributed by atoms with Crippen LogP contribution < -0.4 is 25.0 Å². The molecule has 0 bridgehead atoms. The summed E-state index contributed by atoms with van der Waals surface area (Å²) in [6, 6.07) is 28.2. The molecule has 0 fully saturated rings. The number of nitrogens with two attached hydrogens (primary N) is 1. The van der Waals surface area contributed by atoms with Gasteiger partial charge < -0.3 is 30.3 Å². The summed E-state index contributed by atoms with van der Waals surface area (Å²) in [5, 5.41) is 40.4. The predicted molar refractivity (Wildman–Crippen MR) is 193 cm³/mol. The van der Waals surface area contributed by atoms with Crippen LogP contribution in [0, 0.1) is 22.7 Å². The molecule has 0 aliphatic carbocycles. The maximum Gasteiger partial charge on any atom is 0.184 e. The molecule has 4 aromatic carbocycles. The molecule has 0 saturated heterocycles. The zero-order valence-electron chi connectivity index (χ0n) is 28.0. The van der Waals surface area contributed by atoms with Crippen molar-refractivity contribution in [1.82, 2.24) is 0 Å². The van der Waals surface area contributed by atoms with Gasteiger partial charge in [-0.3, -0.25) is 9.69 Å². The molecule has 0 amide bonds. The number of carbonyl (C=O) groups excluding carboxylic acids is 1. The van der Waals surface area contributed by atoms with Crippen LogP contribution in [0.5, 0.6) is 23.0 Å². The summed E-state index contributed by atoms with van der Waals surface area (Å²) >= 11 is 0. The van der Waals surface area contributed by atoms with Crippen LogP contribution in [0.15, 0.2) is 120 Å². The van der Waals surface area contributed by atoms with Crippen LogP contribution in [0.25, 0.3) is 12.2 Å². The van der Waals surface area contributed by atoms with Gasteiger partial charge in [-0.25, -0.2) is 0 Å². The molecule has 1 unspecified atom stereocenters. The minimum atomic E-state index is -0.898. The highest BCUT2D eigenvalue weighted by Gasteiger charge is 2.38. The van der Waals surface area contributed by atoms with E-state index in [2.05, 4.69) is 12.1 Å². The first kappa shape index (κ1) is 34.4. The van der Waals surface area contributed by atoms with Crippen molar-refractivity contribution in [3.05, 3.63) is 142 Å². The van der Waals surface area contributed by atoms with E-state index in [0.717, 1.165) is 5.69 Å². The van der Waals surface area contributed by atoms with Gasteiger partial charge in [-0.2, -0.15) is 10.5 Å². The third-order valence-electron chi connectivity index (χ3n) is 8.26. The second-order valence-electron chi connectivity index (χ2n) is 11.5. The van der Waals surface area contributed by atoms with Crippen molar-refractivity contribution in [2.24, 2.45) is 5.73 Å². The van der Waals surface area contributed by atoms with Crippen molar-refractivity contribution in [3.8, 4) is 35.1 Å². The lowest BCUT2D eigenvalue weighted by molar-refractivity contribution is -0.111. The number of nitriles is 2. The van der Waals surface area contributed by atoms with Crippen LogP contribution in [0.4, 0.5) is 11.4 Å². The number of rotatable bonds is 10. The maximum absolute atomic E-state index is 14.6. The molecular weight excluding hydrogens is 630 g/mol. The van der Waals surface area contributed by atoms with Crippen LogP contribution in [0.1, 0.15) is 28.2 Å². The van der Waals surface area contributed by atoms with Gasteiger partial charge in [-0.15, -0.1) is 0 Å². The van der Waals surface area contributed by atoms with Crippen LogP contribution >= 0.6 is 0 Å². The lowest BCUT2D eigenvalue weighted by Crippen LogP contribution is -2.36. The first-order valence-corrected chi connectivity index (χ1v) is 15.5. The van der Waals surface area contributed by atoms with Crippen LogP contribution in [0.3, 0.4) is 0 Å². The average molecular weight is 666 g/mol. The summed E-state index contributed by atoms with van der Waals surface area (Å²) in [6.07, 6.45) is 6.51. The number of ketones is 1. The van der Waals surface area contributed by atoms with Gasteiger partial charge in [0.1, 0.15) is 5.82 Å². The quantitative estimate of drug-likeness (QED) is 0.158. The Morgan fingerprint density at radius 1 is 0.820 bits per heavy atom. The van der Waals surface area contributed by atoms with Crippen molar-refractivity contribution in [2.75, 3.05) is 38.1 Å². The highest BCUT2D eigenvalue weighted by molar-refractivity contribution is 6.10. The highest BCUT2D eigenvalue weighted by atomic mass is 16.5. The third-order valence-corrected chi connectivity index (χ3v) is 8.26. The number of phenolic OH excluding ortho intramolecular Hbond substituents is 2. The molecule has 5 rings (SSSR count). The summed E-state index contributed by atoms with van der Waals surface area (Å²) in [4.78, 5) is 18.2. The second-order valence-corrected chi connectivity index (χ2v) is 11.5. The van der Waals surface area contributed by atoms with Crippen molar-refractivity contribution in [3.63, 3.8) is 0 Å². The molecule has 4 aromatic rings. The molecule has 1 atom stereocenters. The van der Waals surface area contributed by atoms with Crippen LogP contribution in [-0.4, -0.2) is 44.3 Å². The van der Waals surface area contributed by atoms with Crippen molar-refractivity contribution in [1.29, 1.82) is 10.5 Å². The van der Waals surface area contributed by atoms with E-state index in [9.17, 15) is 25.5 Å². The highest BCUT2D eigenvalue weighted by Crippen LogP contribution is 2.44. The van der Waals surface area contributed by atoms with Crippen LogP contribution in [-0.2, 0) is 4.79 Å². The number of ether oxygens (including phenoxy) is 2. The van der Waals surface area contributed by atoms with Gasteiger partial charge in [-0.05, 0) is 89.5 Å². The Morgan fingerprint density at radius 3 is 1.92 bits per heavy atom. The third kappa shape index (κ3) is 7.01.